The minimum absolute atomic E-state index is 0.110. The van der Waals surface area contributed by atoms with Crippen molar-refractivity contribution in [3.63, 3.8) is 0 Å². The van der Waals surface area contributed by atoms with Crippen molar-refractivity contribution in [1.29, 1.82) is 5.26 Å². The number of ether oxygens (including phenoxy) is 4. The molecule has 5 rings (SSSR count). The number of nitriles is 1. The number of methoxy groups -OCH3 is 1. The summed E-state index contributed by atoms with van der Waals surface area (Å²) in [5, 5.41) is 12.5. The van der Waals surface area contributed by atoms with Crippen LogP contribution >= 0.6 is 0 Å². The first-order chi connectivity index (χ1) is 13.7. The van der Waals surface area contributed by atoms with Crippen LogP contribution in [0.25, 0.3) is 0 Å². The highest BCUT2D eigenvalue weighted by molar-refractivity contribution is 5.61. The van der Waals surface area contributed by atoms with Gasteiger partial charge in [0.25, 0.3) is 0 Å². The zero-order valence-electron chi connectivity index (χ0n) is 16.6. The Labute approximate surface area is 166 Å². The number of hydrogen-bond acceptors (Lipinski definition) is 6. The molecule has 6 heteroatoms. The number of unbranched alkanes of at least 4 members (excludes halogenated alkanes) is 1. The van der Waals surface area contributed by atoms with Gasteiger partial charge < -0.3 is 24.3 Å². The molecule has 0 aromatic heterocycles. The molecule has 1 saturated heterocycles. The maximum Gasteiger partial charge on any atom is 0.206 e. The Morgan fingerprint density at radius 3 is 2.86 bits per heavy atom. The topological polar surface area (TPSA) is 72.7 Å². The van der Waals surface area contributed by atoms with Crippen molar-refractivity contribution >= 4 is 0 Å². The van der Waals surface area contributed by atoms with Crippen molar-refractivity contribution in [3.05, 3.63) is 23.3 Å². The van der Waals surface area contributed by atoms with Gasteiger partial charge in [-0.1, -0.05) is 25.8 Å². The lowest BCUT2D eigenvalue weighted by Crippen LogP contribution is -2.66. The largest absolute Gasteiger partial charge is 0.493 e. The van der Waals surface area contributed by atoms with E-state index >= 15 is 0 Å². The predicted octanol–water partition coefficient (Wildman–Crippen LogP) is 3.03. The first-order valence-electron chi connectivity index (χ1n) is 10.5. The van der Waals surface area contributed by atoms with Crippen molar-refractivity contribution in [2.45, 2.75) is 68.8 Å². The van der Waals surface area contributed by atoms with Gasteiger partial charge in [-0.15, -0.1) is 0 Å². The van der Waals surface area contributed by atoms with Crippen molar-refractivity contribution < 1.29 is 18.9 Å². The number of hydrogen-bond donors (Lipinski definition) is 1. The van der Waals surface area contributed by atoms with Crippen LogP contribution in [-0.4, -0.2) is 38.3 Å². The Morgan fingerprint density at radius 1 is 1.32 bits per heavy atom. The number of nitrogens with zero attached hydrogens (tertiary/aromatic N) is 1. The highest BCUT2D eigenvalue weighted by atomic mass is 16.8. The average Bonchev–Trinajstić information content (AvgIpc) is 3.32. The van der Waals surface area contributed by atoms with Gasteiger partial charge in [-0.3, -0.25) is 0 Å². The molecule has 6 nitrogen and oxygen atoms in total. The van der Waals surface area contributed by atoms with Gasteiger partial charge in [-0.05, 0) is 36.8 Å². The third-order valence-corrected chi connectivity index (χ3v) is 7.36. The van der Waals surface area contributed by atoms with Gasteiger partial charge in [0.2, 0.25) is 5.79 Å². The highest BCUT2D eigenvalue weighted by Crippen LogP contribution is 2.65. The lowest BCUT2D eigenvalue weighted by molar-refractivity contribution is -0.254. The Kier molecular flexibility index (Phi) is 4.22. The van der Waals surface area contributed by atoms with E-state index < -0.39 is 5.79 Å². The summed E-state index contributed by atoms with van der Waals surface area (Å²) in [4.78, 5) is 0. The summed E-state index contributed by atoms with van der Waals surface area (Å²) in [6, 6.07) is 4.25. The molecule has 1 aromatic rings. The van der Waals surface area contributed by atoms with Crippen molar-refractivity contribution in [2.24, 2.45) is 5.92 Å². The molecule has 2 aliphatic heterocycles. The lowest BCUT2D eigenvalue weighted by atomic mass is 9.52. The molecule has 2 aliphatic carbocycles. The Hall–Kier alpha value is -1.97. The van der Waals surface area contributed by atoms with Crippen LogP contribution in [-0.2, 0) is 21.3 Å². The minimum Gasteiger partial charge on any atom is -0.493 e. The van der Waals surface area contributed by atoms with Crippen molar-refractivity contribution in [3.8, 4) is 17.7 Å². The van der Waals surface area contributed by atoms with Crippen LogP contribution in [0.3, 0.4) is 0 Å². The van der Waals surface area contributed by atoms with Gasteiger partial charge in [0.1, 0.15) is 0 Å². The van der Waals surface area contributed by atoms with Crippen LogP contribution in [0.1, 0.15) is 50.2 Å². The standard InChI is InChI=1S/C22H28N2O4/c1-3-4-8-21-15-7-9-22(26-10-11-27-22)20(21)28-19-17(25-2)6-5-14(18(19)21)12-16(15)24-13-23/h5-6,15-16,20,24H,3-4,7-12H2,1-2H3/t15?,16?,20?,21-/m0/s1. The van der Waals surface area contributed by atoms with Gasteiger partial charge in [-0.2, -0.15) is 5.26 Å². The molecule has 4 aliphatic rings. The van der Waals surface area contributed by atoms with Crippen LogP contribution in [0.4, 0.5) is 0 Å². The van der Waals surface area contributed by atoms with Gasteiger partial charge >= 0.3 is 0 Å². The quantitative estimate of drug-likeness (QED) is 0.621. The third-order valence-electron chi connectivity index (χ3n) is 7.36. The second-order valence-corrected chi connectivity index (χ2v) is 8.49. The summed E-state index contributed by atoms with van der Waals surface area (Å²) in [7, 11) is 1.70. The summed E-state index contributed by atoms with van der Waals surface area (Å²) in [6.45, 7) is 3.44. The van der Waals surface area contributed by atoms with E-state index in [-0.39, 0.29) is 17.6 Å². The summed E-state index contributed by atoms with van der Waals surface area (Å²) in [6.07, 6.45) is 7.81. The van der Waals surface area contributed by atoms with E-state index in [1.54, 1.807) is 7.11 Å². The average molecular weight is 384 g/mol. The SMILES string of the molecule is CCCC[C@]12c3c4ccc(OC)c3OC1C1(CCC2C(NC#N)C4)OCCO1. The number of benzene rings is 1. The molecule has 3 unspecified atom stereocenters. The van der Waals surface area contributed by atoms with E-state index in [4.69, 9.17) is 18.9 Å². The molecule has 28 heavy (non-hydrogen) atoms. The number of fused-ring (bicyclic) bond motifs is 1. The van der Waals surface area contributed by atoms with E-state index in [2.05, 4.69) is 24.5 Å². The molecule has 0 bridgehead atoms. The summed E-state index contributed by atoms with van der Waals surface area (Å²) in [5.74, 6) is 1.26. The smallest absolute Gasteiger partial charge is 0.206 e. The zero-order chi connectivity index (χ0) is 19.4. The van der Waals surface area contributed by atoms with E-state index in [1.807, 2.05) is 6.07 Å². The third kappa shape index (κ3) is 2.20. The number of nitrogens with one attached hydrogen (secondary N) is 1. The molecule has 150 valence electrons. The molecule has 4 atom stereocenters. The first-order valence-corrected chi connectivity index (χ1v) is 10.5. The van der Waals surface area contributed by atoms with Crippen LogP contribution < -0.4 is 14.8 Å². The van der Waals surface area contributed by atoms with E-state index in [1.165, 1.54) is 11.1 Å². The van der Waals surface area contributed by atoms with Crippen LogP contribution in [0.15, 0.2) is 12.1 Å². The van der Waals surface area contributed by atoms with Crippen LogP contribution in [0.5, 0.6) is 11.5 Å². The van der Waals surface area contributed by atoms with E-state index in [0.717, 1.165) is 50.0 Å². The maximum atomic E-state index is 9.42. The molecular weight excluding hydrogens is 356 g/mol. The number of rotatable bonds is 5. The summed E-state index contributed by atoms with van der Waals surface area (Å²) < 4.78 is 24.9. The zero-order valence-corrected chi connectivity index (χ0v) is 16.6. The molecule has 1 saturated carbocycles. The molecule has 1 spiro atoms. The van der Waals surface area contributed by atoms with Crippen LogP contribution in [0.2, 0.25) is 0 Å². The second kappa shape index (κ2) is 6.53. The summed E-state index contributed by atoms with van der Waals surface area (Å²) >= 11 is 0. The molecule has 2 fully saturated rings. The molecule has 2 heterocycles. The van der Waals surface area contributed by atoms with Gasteiger partial charge in [0.05, 0.1) is 20.3 Å². The van der Waals surface area contributed by atoms with E-state index in [0.29, 0.717) is 19.1 Å². The van der Waals surface area contributed by atoms with Crippen molar-refractivity contribution in [2.75, 3.05) is 20.3 Å². The second-order valence-electron chi connectivity index (χ2n) is 8.49. The van der Waals surface area contributed by atoms with Crippen molar-refractivity contribution in [1.82, 2.24) is 5.32 Å². The molecule has 1 N–H and O–H groups in total. The van der Waals surface area contributed by atoms with Gasteiger partial charge in [-0.25, -0.2) is 0 Å². The predicted molar refractivity (Wildman–Crippen MR) is 102 cm³/mol. The summed E-state index contributed by atoms with van der Waals surface area (Å²) in [5.41, 5.74) is 2.32. The Bertz CT molecular complexity index is 813. The lowest BCUT2D eigenvalue weighted by Gasteiger charge is -2.55. The fraction of sp³-hybridized carbons (Fsp3) is 0.682. The first kappa shape index (κ1) is 18.1. The Balaban J connectivity index is 1.74. The minimum atomic E-state index is -0.694. The maximum absolute atomic E-state index is 9.42. The fourth-order valence-corrected chi connectivity index (χ4v) is 6.37. The van der Waals surface area contributed by atoms with Gasteiger partial charge in [0.15, 0.2) is 23.8 Å². The molecule has 1 aromatic carbocycles. The molecule has 0 radical (unpaired) electrons. The highest BCUT2D eigenvalue weighted by Gasteiger charge is 2.69. The van der Waals surface area contributed by atoms with Crippen LogP contribution in [0, 0.1) is 17.4 Å². The van der Waals surface area contributed by atoms with E-state index in [9.17, 15) is 5.26 Å². The normalized spacial score (nSPS) is 33.8. The fourth-order valence-electron chi connectivity index (χ4n) is 6.37. The van der Waals surface area contributed by atoms with Gasteiger partial charge in [0, 0.05) is 23.4 Å². The monoisotopic (exact) mass is 384 g/mol. The molecule has 0 amide bonds. The Morgan fingerprint density at radius 2 is 2.14 bits per heavy atom. The molecular formula is C22H28N2O4.